The maximum Gasteiger partial charge on any atom is 0.0748 e. The van der Waals surface area contributed by atoms with Gasteiger partial charge in [0.2, 0.25) is 0 Å². The maximum atomic E-state index is 5.02. The summed E-state index contributed by atoms with van der Waals surface area (Å²) in [7, 11) is 0.0628. The molecule has 6 heavy (non-hydrogen) atoms. The van der Waals surface area contributed by atoms with Crippen LogP contribution in [0.2, 0.25) is 0 Å². The van der Waals surface area contributed by atoms with Crippen LogP contribution in [0.1, 0.15) is 0 Å². The predicted octanol–water partition coefficient (Wildman–Crippen LogP) is 0.767. The zero-order valence-corrected chi connectivity index (χ0v) is 4.58. The first kappa shape index (κ1) is 4.47. The fourth-order valence-corrected chi connectivity index (χ4v) is 1.36. The summed E-state index contributed by atoms with van der Waals surface area (Å²) < 4.78 is 5.02. The topological polar surface area (TPSA) is 9.23 Å². The highest BCUT2D eigenvalue weighted by atomic mass is 32.2. The molecule has 1 aliphatic heterocycles. The van der Waals surface area contributed by atoms with Crippen molar-refractivity contribution in [3.05, 3.63) is 6.26 Å². The quantitative estimate of drug-likeness (QED) is 0.448. The van der Waals surface area contributed by atoms with Crippen molar-refractivity contribution < 1.29 is 4.74 Å². The minimum Gasteiger partial charge on any atom is -0.372 e. The van der Waals surface area contributed by atoms with E-state index >= 15 is 0 Å². The van der Waals surface area contributed by atoms with E-state index in [0.717, 1.165) is 12.5 Å². The summed E-state index contributed by atoms with van der Waals surface area (Å²) in [4.78, 5) is 0. The van der Waals surface area contributed by atoms with Crippen LogP contribution in [-0.2, 0) is 4.74 Å². The molecule has 0 spiro atoms. The van der Waals surface area contributed by atoms with Crippen LogP contribution in [0.5, 0.6) is 0 Å². The number of hydrogen-bond acceptors (Lipinski definition) is 1. The van der Waals surface area contributed by atoms with Crippen molar-refractivity contribution in [3.63, 3.8) is 0 Å². The van der Waals surface area contributed by atoms with E-state index < -0.39 is 0 Å². The summed E-state index contributed by atoms with van der Waals surface area (Å²) in [6.45, 7) is 0.954. The normalized spacial score (nSPS) is 40.5. The van der Waals surface area contributed by atoms with Gasteiger partial charge in [0, 0.05) is 5.75 Å². The van der Waals surface area contributed by atoms with Crippen LogP contribution in [0.4, 0.5) is 0 Å². The standard InChI is InChI=1S/C4H9OS/c1-6-3-2-5-4-6/h6H,1-4H2. The Morgan fingerprint density at radius 1 is 1.67 bits per heavy atom. The molecule has 1 radical (unpaired) electrons. The number of thiol groups is 1. The molecule has 1 atom stereocenters. The maximum absolute atomic E-state index is 5.02. The van der Waals surface area contributed by atoms with Gasteiger partial charge in [-0.2, -0.15) is 0 Å². The summed E-state index contributed by atoms with van der Waals surface area (Å²) >= 11 is 0. The molecule has 1 saturated heterocycles. The van der Waals surface area contributed by atoms with Gasteiger partial charge in [-0.25, -0.2) is 10.9 Å². The molecule has 0 bridgehead atoms. The van der Waals surface area contributed by atoms with Crippen molar-refractivity contribution in [2.24, 2.45) is 0 Å². The Bertz CT molecular complexity index is 40.8. The van der Waals surface area contributed by atoms with E-state index in [0.29, 0.717) is 0 Å². The molecule has 1 rings (SSSR count). The molecule has 0 saturated carbocycles. The highest BCUT2D eigenvalue weighted by molar-refractivity contribution is 8.18. The fraction of sp³-hybridized carbons (Fsp3) is 0.750. The second kappa shape index (κ2) is 1.85. The first-order chi connectivity index (χ1) is 2.89. The molecule has 1 nitrogen and oxygen atoms in total. The van der Waals surface area contributed by atoms with Crippen LogP contribution in [0, 0.1) is 6.26 Å². The van der Waals surface area contributed by atoms with Crippen molar-refractivity contribution >= 4 is 10.9 Å². The summed E-state index contributed by atoms with van der Waals surface area (Å²) in [6, 6.07) is 0. The van der Waals surface area contributed by atoms with Crippen molar-refractivity contribution in [1.82, 2.24) is 0 Å². The molecular formula is C4H9OS. The zero-order valence-electron chi connectivity index (χ0n) is 3.68. The SMILES string of the molecule is [CH2][SH]1CCOC1. The molecule has 1 fully saturated rings. The lowest BCUT2D eigenvalue weighted by Crippen LogP contribution is -1.78. The first-order valence-electron chi connectivity index (χ1n) is 2.03. The number of rotatable bonds is 0. The van der Waals surface area contributed by atoms with Crippen molar-refractivity contribution in [1.29, 1.82) is 0 Å². The van der Waals surface area contributed by atoms with E-state index in [1.807, 2.05) is 0 Å². The third-order valence-corrected chi connectivity index (χ3v) is 2.19. The van der Waals surface area contributed by atoms with Gasteiger partial charge in [-0.3, -0.25) is 0 Å². The molecule has 0 aromatic rings. The van der Waals surface area contributed by atoms with E-state index in [2.05, 4.69) is 6.26 Å². The van der Waals surface area contributed by atoms with Crippen molar-refractivity contribution in [2.45, 2.75) is 0 Å². The van der Waals surface area contributed by atoms with E-state index in [4.69, 9.17) is 4.74 Å². The lowest BCUT2D eigenvalue weighted by molar-refractivity contribution is 0.217. The number of ether oxygens (including phenoxy) is 1. The van der Waals surface area contributed by atoms with E-state index in [1.54, 1.807) is 0 Å². The van der Waals surface area contributed by atoms with Crippen LogP contribution < -0.4 is 0 Å². The van der Waals surface area contributed by atoms with Gasteiger partial charge < -0.3 is 4.74 Å². The van der Waals surface area contributed by atoms with Crippen LogP contribution in [0.3, 0.4) is 0 Å². The zero-order chi connectivity index (χ0) is 4.41. The molecule has 1 unspecified atom stereocenters. The van der Waals surface area contributed by atoms with Crippen molar-refractivity contribution in [3.8, 4) is 0 Å². The van der Waals surface area contributed by atoms with Gasteiger partial charge in [0.05, 0.1) is 12.5 Å². The van der Waals surface area contributed by atoms with Gasteiger partial charge >= 0.3 is 0 Å². The summed E-state index contributed by atoms with van der Waals surface area (Å²) in [5, 5.41) is 0. The average Bonchev–Trinajstić information content (AvgIpc) is 1.86. The Labute approximate surface area is 41.0 Å². The molecule has 0 aliphatic carbocycles. The average molecular weight is 105 g/mol. The summed E-state index contributed by atoms with van der Waals surface area (Å²) in [6.07, 6.45) is 3.88. The fourth-order valence-electron chi connectivity index (χ4n) is 0.452. The van der Waals surface area contributed by atoms with E-state index in [9.17, 15) is 0 Å². The third kappa shape index (κ3) is 0.884. The lowest BCUT2D eigenvalue weighted by Gasteiger charge is -1.96. The molecule has 1 heterocycles. The van der Waals surface area contributed by atoms with Crippen LogP contribution >= 0.6 is 10.9 Å². The van der Waals surface area contributed by atoms with Crippen molar-refractivity contribution in [2.75, 3.05) is 18.3 Å². The van der Waals surface area contributed by atoms with Gasteiger partial charge in [0.25, 0.3) is 0 Å². The third-order valence-electron chi connectivity index (χ3n) is 0.826. The smallest absolute Gasteiger partial charge is 0.0748 e. The second-order valence-electron chi connectivity index (χ2n) is 1.43. The molecule has 2 heteroatoms. The van der Waals surface area contributed by atoms with Crippen LogP contribution in [0.25, 0.3) is 0 Å². The highest BCUT2D eigenvalue weighted by Gasteiger charge is 2.03. The molecule has 0 amide bonds. The van der Waals surface area contributed by atoms with E-state index in [-0.39, 0.29) is 10.9 Å². The Morgan fingerprint density at radius 2 is 2.50 bits per heavy atom. The Hall–Kier alpha value is 0.310. The first-order valence-corrected chi connectivity index (χ1v) is 3.92. The Kier molecular flexibility index (Phi) is 1.37. The molecule has 37 valence electrons. The number of hydrogen-bond donors (Lipinski definition) is 1. The minimum absolute atomic E-state index is 0.0628. The summed E-state index contributed by atoms with van der Waals surface area (Å²) in [5.74, 6) is 2.16. The molecular weight excluding hydrogens is 96.1 g/mol. The Balaban J connectivity index is 2.18. The van der Waals surface area contributed by atoms with Gasteiger partial charge in [-0.15, -0.1) is 0 Å². The summed E-state index contributed by atoms with van der Waals surface area (Å²) in [5.41, 5.74) is 0. The van der Waals surface area contributed by atoms with Gasteiger partial charge in [0.15, 0.2) is 0 Å². The molecule has 1 aliphatic rings. The lowest BCUT2D eigenvalue weighted by atomic mass is 10.9. The highest BCUT2D eigenvalue weighted by Crippen LogP contribution is 2.26. The van der Waals surface area contributed by atoms with Gasteiger partial charge in [-0.05, 0) is 6.26 Å². The van der Waals surface area contributed by atoms with Crippen LogP contribution in [-0.4, -0.2) is 18.3 Å². The molecule has 0 aromatic carbocycles. The monoisotopic (exact) mass is 105 g/mol. The van der Waals surface area contributed by atoms with Gasteiger partial charge in [-0.1, -0.05) is 0 Å². The Morgan fingerprint density at radius 3 is 2.67 bits per heavy atom. The second-order valence-corrected chi connectivity index (χ2v) is 3.48. The minimum atomic E-state index is 0.0628. The van der Waals surface area contributed by atoms with Gasteiger partial charge in [0.1, 0.15) is 0 Å². The van der Waals surface area contributed by atoms with Crippen LogP contribution in [0.15, 0.2) is 0 Å². The largest absolute Gasteiger partial charge is 0.372 e. The van der Waals surface area contributed by atoms with E-state index in [1.165, 1.54) is 5.75 Å². The predicted molar refractivity (Wildman–Crippen MR) is 30.0 cm³/mol. The molecule has 0 N–H and O–H groups in total. The molecule has 0 aromatic heterocycles.